The van der Waals surface area contributed by atoms with Crippen LogP contribution in [0.4, 0.5) is 5.69 Å². The Hall–Kier alpha value is -2.88. The van der Waals surface area contributed by atoms with Crippen LogP contribution in [0.15, 0.2) is 66.4 Å². The third-order valence-electron chi connectivity index (χ3n) is 4.24. The zero-order valence-corrected chi connectivity index (χ0v) is 14.2. The molecule has 0 amide bonds. The summed E-state index contributed by atoms with van der Waals surface area (Å²) in [6, 6.07) is 17.2. The van der Waals surface area contributed by atoms with Crippen molar-refractivity contribution in [3.05, 3.63) is 77.5 Å². The maximum absolute atomic E-state index is 12.2. The van der Waals surface area contributed by atoms with Crippen molar-refractivity contribution in [3.8, 4) is 0 Å². The van der Waals surface area contributed by atoms with Gasteiger partial charge < -0.3 is 10.1 Å². The van der Waals surface area contributed by atoms with Gasteiger partial charge in [0.25, 0.3) is 0 Å². The van der Waals surface area contributed by atoms with Crippen molar-refractivity contribution in [2.75, 3.05) is 11.9 Å². The summed E-state index contributed by atoms with van der Waals surface area (Å²) >= 11 is 0. The molecule has 0 saturated heterocycles. The first-order chi connectivity index (χ1) is 12.2. The number of esters is 1. The number of allylic oxidation sites excluding steroid dienone is 2. The maximum atomic E-state index is 12.2. The first-order valence-electron chi connectivity index (χ1n) is 8.49. The molecular weight excluding hydrogens is 314 g/mol. The van der Waals surface area contributed by atoms with Crippen molar-refractivity contribution in [3.63, 3.8) is 0 Å². The largest absolute Gasteiger partial charge is 0.462 e. The smallest absolute Gasteiger partial charge is 0.340 e. The summed E-state index contributed by atoms with van der Waals surface area (Å²) in [7, 11) is 0. The predicted molar refractivity (Wildman–Crippen MR) is 97.5 cm³/mol. The van der Waals surface area contributed by atoms with Crippen LogP contribution in [0.1, 0.15) is 41.6 Å². The summed E-state index contributed by atoms with van der Waals surface area (Å²) in [5.41, 5.74) is 3.11. The first-order valence-corrected chi connectivity index (χ1v) is 8.49. The second kappa shape index (κ2) is 7.79. The summed E-state index contributed by atoms with van der Waals surface area (Å²) in [6.45, 7) is 2.10. The van der Waals surface area contributed by atoms with Gasteiger partial charge in [-0.05, 0) is 37.0 Å². The van der Waals surface area contributed by atoms with E-state index in [-0.39, 0.29) is 17.7 Å². The Morgan fingerprint density at radius 2 is 1.80 bits per heavy atom. The molecule has 0 heterocycles. The molecule has 1 aliphatic carbocycles. The number of carbonyl (C=O) groups is 2. The average molecular weight is 335 g/mol. The minimum absolute atomic E-state index is 0.0937. The van der Waals surface area contributed by atoms with Gasteiger partial charge in [-0.25, -0.2) is 4.79 Å². The fraction of sp³-hybridized carbons (Fsp3) is 0.238. The predicted octanol–water partition coefficient (Wildman–Crippen LogP) is 4.31. The van der Waals surface area contributed by atoms with Crippen LogP contribution < -0.4 is 5.32 Å². The van der Waals surface area contributed by atoms with Crippen LogP contribution in [-0.2, 0) is 9.53 Å². The van der Waals surface area contributed by atoms with Crippen LogP contribution in [0.2, 0.25) is 0 Å². The number of para-hydroxylation sites is 1. The standard InChI is InChI=1S/C21H21NO3/c1-2-25-21(24)19-10-6-7-11-20(19)22-17-12-16(13-18(23)14-17)15-8-4-3-5-9-15/h3-11,14,16,22H,2,12-13H2,1H3/t16-/m0/s1. The Labute approximate surface area is 147 Å². The van der Waals surface area contributed by atoms with Gasteiger partial charge in [-0.2, -0.15) is 0 Å². The monoisotopic (exact) mass is 335 g/mol. The van der Waals surface area contributed by atoms with Gasteiger partial charge in [0.15, 0.2) is 5.78 Å². The number of benzene rings is 2. The molecular formula is C21H21NO3. The molecule has 128 valence electrons. The molecule has 3 rings (SSSR count). The third-order valence-corrected chi connectivity index (χ3v) is 4.24. The molecule has 25 heavy (non-hydrogen) atoms. The van der Waals surface area contributed by atoms with Crippen LogP contribution in [0.3, 0.4) is 0 Å². The van der Waals surface area contributed by atoms with Gasteiger partial charge in [0.05, 0.1) is 17.9 Å². The second-order valence-corrected chi connectivity index (χ2v) is 6.04. The Morgan fingerprint density at radius 1 is 1.08 bits per heavy atom. The summed E-state index contributed by atoms with van der Waals surface area (Å²) in [5, 5.41) is 3.26. The number of ketones is 1. The molecule has 0 saturated carbocycles. The van der Waals surface area contributed by atoms with E-state index in [2.05, 4.69) is 5.32 Å². The lowest BCUT2D eigenvalue weighted by Gasteiger charge is -2.24. The quantitative estimate of drug-likeness (QED) is 0.828. The highest BCUT2D eigenvalue weighted by molar-refractivity contribution is 5.97. The lowest BCUT2D eigenvalue weighted by atomic mass is 9.85. The van der Waals surface area contributed by atoms with Gasteiger partial charge in [-0.3, -0.25) is 4.79 Å². The SMILES string of the molecule is CCOC(=O)c1ccccc1NC1=CC(=O)C[C@@H](c2ccccc2)C1. The molecule has 4 heteroatoms. The second-order valence-electron chi connectivity index (χ2n) is 6.04. The number of nitrogens with one attached hydrogen (secondary N) is 1. The number of rotatable bonds is 5. The zero-order valence-electron chi connectivity index (χ0n) is 14.2. The van der Waals surface area contributed by atoms with Crippen molar-refractivity contribution in [1.29, 1.82) is 0 Å². The molecule has 2 aromatic rings. The van der Waals surface area contributed by atoms with Crippen LogP contribution in [0.25, 0.3) is 0 Å². The van der Waals surface area contributed by atoms with Gasteiger partial charge in [-0.15, -0.1) is 0 Å². The van der Waals surface area contributed by atoms with Gasteiger partial charge in [0.1, 0.15) is 0 Å². The lowest BCUT2D eigenvalue weighted by Crippen LogP contribution is -2.18. The van der Waals surface area contributed by atoms with E-state index in [1.807, 2.05) is 42.5 Å². The first kappa shape index (κ1) is 17.0. The molecule has 0 bridgehead atoms. The number of anilines is 1. The molecule has 1 atom stereocenters. The van der Waals surface area contributed by atoms with E-state index < -0.39 is 0 Å². The van der Waals surface area contributed by atoms with E-state index in [1.165, 1.54) is 0 Å². The molecule has 0 radical (unpaired) electrons. The van der Waals surface area contributed by atoms with E-state index in [1.54, 1.807) is 25.1 Å². The van der Waals surface area contributed by atoms with Crippen molar-refractivity contribution < 1.29 is 14.3 Å². The summed E-state index contributed by atoms with van der Waals surface area (Å²) in [4.78, 5) is 24.3. The highest BCUT2D eigenvalue weighted by atomic mass is 16.5. The van der Waals surface area contributed by atoms with Crippen LogP contribution in [-0.4, -0.2) is 18.4 Å². The van der Waals surface area contributed by atoms with Crippen molar-refractivity contribution in [1.82, 2.24) is 0 Å². The van der Waals surface area contributed by atoms with E-state index in [4.69, 9.17) is 4.74 Å². The minimum Gasteiger partial charge on any atom is -0.462 e. The summed E-state index contributed by atoms with van der Waals surface area (Å²) < 4.78 is 5.10. The van der Waals surface area contributed by atoms with Crippen molar-refractivity contribution in [2.24, 2.45) is 0 Å². The average Bonchev–Trinajstić information content (AvgIpc) is 2.62. The molecule has 1 aliphatic rings. The Kier molecular flexibility index (Phi) is 5.29. The topological polar surface area (TPSA) is 55.4 Å². The van der Waals surface area contributed by atoms with Crippen LogP contribution in [0, 0.1) is 0 Å². The van der Waals surface area contributed by atoms with Gasteiger partial charge >= 0.3 is 5.97 Å². The maximum Gasteiger partial charge on any atom is 0.340 e. The third kappa shape index (κ3) is 4.15. The minimum atomic E-state index is -0.368. The summed E-state index contributed by atoms with van der Waals surface area (Å²) in [6.07, 6.45) is 2.88. The fourth-order valence-electron chi connectivity index (χ4n) is 3.09. The number of hydrogen-bond donors (Lipinski definition) is 1. The zero-order chi connectivity index (χ0) is 17.6. The normalized spacial score (nSPS) is 16.9. The highest BCUT2D eigenvalue weighted by Crippen LogP contribution is 2.32. The molecule has 0 aliphatic heterocycles. The number of carbonyl (C=O) groups excluding carboxylic acids is 2. The number of hydrogen-bond acceptors (Lipinski definition) is 4. The van der Waals surface area contributed by atoms with Crippen LogP contribution in [0.5, 0.6) is 0 Å². The molecule has 2 aromatic carbocycles. The summed E-state index contributed by atoms with van der Waals surface area (Å²) in [5.74, 6) is -0.125. The molecule has 0 spiro atoms. The van der Waals surface area contributed by atoms with Crippen molar-refractivity contribution in [2.45, 2.75) is 25.7 Å². The Balaban J connectivity index is 1.81. The highest BCUT2D eigenvalue weighted by Gasteiger charge is 2.23. The lowest BCUT2D eigenvalue weighted by molar-refractivity contribution is -0.115. The Morgan fingerprint density at radius 3 is 2.56 bits per heavy atom. The molecule has 1 N–H and O–H groups in total. The van der Waals surface area contributed by atoms with E-state index >= 15 is 0 Å². The van der Waals surface area contributed by atoms with Crippen LogP contribution >= 0.6 is 0 Å². The Bertz CT molecular complexity index is 796. The van der Waals surface area contributed by atoms with Gasteiger partial charge in [0, 0.05) is 18.2 Å². The molecule has 4 nitrogen and oxygen atoms in total. The molecule has 0 unspecified atom stereocenters. The van der Waals surface area contributed by atoms with E-state index in [0.717, 1.165) is 17.7 Å². The van der Waals surface area contributed by atoms with E-state index in [0.29, 0.717) is 24.3 Å². The molecule has 0 aromatic heterocycles. The molecule has 0 fully saturated rings. The van der Waals surface area contributed by atoms with E-state index in [9.17, 15) is 9.59 Å². The fourth-order valence-corrected chi connectivity index (χ4v) is 3.09. The van der Waals surface area contributed by atoms with Crippen molar-refractivity contribution >= 4 is 17.4 Å². The van der Waals surface area contributed by atoms with Gasteiger partial charge in [0.2, 0.25) is 0 Å². The number of ether oxygens (including phenoxy) is 1. The van der Waals surface area contributed by atoms with Gasteiger partial charge in [-0.1, -0.05) is 42.5 Å².